The van der Waals surface area contributed by atoms with Gasteiger partial charge >= 0.3 is 0 Å². The summed E-state index contributed by atoms with van der Waals surface area (Å²) in [7, 11) is 0. The average molecular weight is 354 g/mol. The number of rotatable bonds is 3. The molecule has 0 saturated carbocycles. The van der Waals surface area contributed by atoms with Gasteiger partial charge in [-0.1, -0.05) is 12.1 Å². The Bertz CT molecular complexity index is 586. The molecule has 1 atom stereocenters. The first kappa shape index (κ1) is 14.9. The highest BCUT2D eigenvalue weighted by Crippen LogP contribution is 2.14. The molecule has 2 N–H and O–H groups in total. The number of hydrogen-bond donors (Lipinski definition) is 2. The van der Waals surface area contributed by atoms with E-state index < -0.39 is 0 Å². The van der Waals surface area contributed by atoms with Gasteiger partial charge in [0.15, 0.2) is 5.11 Å². The van der Waals surface area contributed by atoms with E-state index in [0.717, 1.165) is 10.0 Å². The first-order valence-electron chi connectivity index (χ1n) is 5.99. The quantitative estimate of drug-likeness (QED) is 0.816. The fourth-order valence-electron chi connectivity index (χ4n) is 1.63. The van der Waals surface area contributed by atoms with E-state index in [1.54, 1.807) is 18.3 Å². The minimum absolute atomic E-state index is 0.0222. The van der Waals surface area contributed by atoms with Crippen LogP contribution < -0.4 is 10.6 Å². The molecule has 0 radical (unpaired) electrons. The molecule has 2 rings (SSSR count). The van der Waals surface area contributed by atoms with Gasteiger partial charge < -0.3 is 10.6 Å². The number of nitrogens with one attached hydrogen (secondary N) is 2. The van der Waals surface area contributed by atoms with Gasteiger partial charge in [0.2, 0.25) is 0 Å². The molecule has 0 aliphatic carbocycles. The molecule has 6 heteroatoms. The van der Waals surface area contributed by atoms with Crippen LogP contribution in [-0.4, -0.2) is 10.1 Å². The lowest BCUT2D eigenvalue weighted by atomic mass is 10.1. The van der Waals surface area contributed by atoms with Gasteiger partial charge in [0.05, 0.1) is 6.04 Å². The molecule has 1 unspecified atom stereocenters. The van der Waals surface area contributed by atoms with Crippen molar-refractivity contribution < 1.29 is 4.39 Å². The Morgan fingerprint density at radius 2 is 1.95 bits per heavy atom. The van der Waals surface area contributed by atoms with Crippen LogP contribution in [0.3, 0.4) is 0 Å². The summed E-state index contributed by atoms with van der Waals surface area (Å²) in [5.74, 6) is 0.415. The summed E-state index contributed by atoms with van der Waals surface area (Å²) in [5.41, 5.74) is 0.958. The molecular formula is C14H13BrFN3S. The first-order chi connectivity index (χ1) is 9.54. The van der Waals surface area contributed by atoms with Crippen LogP contribution in [0.5, 0.6) is 0 Å². The van der Waals surface area contributed by atoms with Crippen molar-refractivity contribution >= 4 is 39.1 Å². The second-order valence-corrected chi connectivity index (χ2v) is 5.56. The van der Waals surface area contributed by atoms with E-state index in [1.165, 1.54) is 12.1 Å². The molecule has 0 bridgehead atoms. The summed E-state index contributed by atoms with van der Waals surface area (Å²) in [6, 6.07) is 10.00. The largest absolute Gasteiger partial charge is 0.356 e. The number of nitrogens with zero attached hydrogens (tertiary/aromatic N) is 1. The third-order valence-electron chi connectivity index (χ3n) is 2.69. The van der Waals surface area contributed by atoms with Gasteiger partial charge in [0.25, 0.3) is 0 Å². The molecule has 104 valence electrons. The Hall–Kier alpha value is -1.53. The number of thiocarbonyl (C=S) groups is 1. The van der Waals surface area contributed by atoms with Gasteiger partial charge in [-0.05, 0) is 64.9 Å². The monoisotopic (exact) mass is 353 g/mol. The number of anilines is 1. The molecule has 2 aromatic rings. The Morgan fingerprint density at radius 3 is 2.55 bits per heavy atom. The molecular weight excluding hydrogens is 341 g/mol. The van der Waals surface area contributed by atoms with Crippen molar-refractivity contribution in [3.8, 4) is 0 Å². The van der Waals surface area contributed by atoms with Gasteiger partial charge in [0.1, 0.15) is 11.6 Å². The Balaban J connectivity index is 1.93. The zero-order valence-corrected chi connectivity index (χ0v) is 13.1. The van der Waals surface area contributed by atoms with Gasteiger partial charge in [-0.2, -0.15) is 0 Å². The fourth-order valence-corrected chi connectivity index (χ4v) is 2.15. The topological polar surface area (TPSA) is 37.0 Å². The summed E-state index contributed by atoms with van der Waals surface area (Å²) < 4.78 is 13.8. The molecule has 1 heterocycles. The van der Waals surface area contributed by atoms with Gasteiger partial charge in [-0.3, -0.25) is 0 Å². The highest BCUT2D eigenvalue weighted by atomic mass is 79.9. The van der Waals surface area contributed by atoms with Gasteiger partial charge in [-0.15, -0.1) is 0 Å². The first-order valence-corrected chi connectivity index (χ1v) is 7.19. The summed E-state index contributed by atoms with van der Waals surface area (Å²) in [6.07, 6.45) is 1.69. The smallest absolute Gasteiger partial charge is 0.172 e. The van der Waals surface area contributed by atoms with Crippen molar-refractivity contribution in [2.24, 2.45) is 0 Å². The van der Waals surface area contributed by atoms with Gasteiger partial charge in [0, 0.05) is 10.7 Å². The maximum Gasteiger partial charge on any atom is 0.172 e. The van der Waals surface area contributed by atoms with E-state index in [4.69, 9.17) is 12.2 Å². The van der Waals surface area contributed by atoms with Crippen molar-refractivity contribution in [1.29, 1.82) is 0 Å². The normalized spacial score (nSPS) is 11.8. The van der Waals surface area contributed by atoms with E-state index in [1.807, 2.05) is 19.1 Å². The van der Waals surface area contributed by atoms with Crippen LogP contribution in [0.25, 0.3) is 0 Å². The Morgan fingerprint density at radius 1 is 1.25 bits per heavy atom. The van der Waals surface area contributed by atoms with Crippen LogP contribution in [-0.2, 0) is 0 Å². The van der Waals surface area contributed by atoms with Crippen LogP contribution in [0.15, 0.2) is 47.1 Å². The molecule has 20 heavy (non-hydrogen) atoms. The highest BCUT2D eigenvalue weighted by molar-refractivity contribution is 9.10. The lowest BCUT2D eigenvalue weighted by molar-refractivity contribution is 0.624. The summed E-state index contributed by atoms with van der Waals surface area (Å²) >= 11 is 8.54. The Labute approximate surface area is 130 Å². The van der Waals surface area contributed by atoms with E-state index in [0.29, 0.717) is 10.9 Å². The minimum atomic E-state index is -0.249. The lowest BCUT2D eigenvalue weighted by Gasteiger charge is -2.17. The van der Waals surface area contributed by atoms with Crippen molar-refractivity contribution in [3.05, 3.63) is 58.4 Å². The van der Waals surface area contributed by atoms with Crippen molar-refractivity contribution in [3.63, 3.8) is 0 Å². The third kappa shape index (κ3) is 4.25. The van der Waals surface area contributed by atoms with Gasteiger partial charge in [-0.25, -0.2) is 9.37 Å². The minimum Gasteiger partial charge on any atom is -0.356 e. The molecule has 3 nitrogen and oxygen atoms in total. The standard InChI is InChI=1S/C14H13BrFN3S/c1-9(10-2-5-12(16)6-3-10)18-14(20)19-13-7-4-11(15)8-17-13/h2-9H,1H3,(H2,17,18,19,20). The van der Waals surface area contributed by atoms with Crippen LogP contribution in [0.4, 0.5) is 10.2 Å². The van der Waals surface area contributed by atoms with Crippen molar-refractivity contribution in [2.75, 3.05) is 5.32 Å². The zero-order valence-electron chi connectivity index (χ0n) is 10.7. The predicted molar refractivity (Wildman–Crippen MR) is 86.1 cm³/mol. The van der Waals surface area contributed by atoms with E-state index in [9.17, 15) is 4.39 Å². The molecule has 0 spiro atoms. The Kier molecular flexibility index (Phi) is 5.03. The summed E-state index contributed by atoms with van der Waals surface area (Å²) in [6.45, 7) is 1.95. The van der Waals surface area contributed by atoms with Crippen LogP contribution in [0, 0.1) is 5.82 Å². The summed E-state index contributed by atoms with van der Waals surface area (Å²) in [5, 5.41) is 6.59. The molecule has 1 aromatic heterocycles. The molecule has 0 saturated heterocycles. The molecule has 0 aliphatic rings. The number of pyridine rings is 1. The summed E-state index contributed by atoms with van der Waals surface area (Å²) in [4.78, 5) is 4.17. The van der Waals surface area contributed by atoms with Crippen molar-refractivity contribution in [2.45, 2.75) is 13.0 Å². The predicted octanol–water partition coefficient (Wildman–Crippen LogP) is 4.03. The van der Waals surface area contributed by atoms with Crippen LogP contribution in [0.2, 0.25) is 0 Å². The number of hydrogen-bond acceptors (Lipinski definition) is 2. The highest BCUT2D eigenvalue weighted by Gasteiger charge is 2.07. The molecule has 1 aromatic carbocycles. The van der Waals surface area contributed by atoms with E-state index in [2.05, 4.69) is 31.5 Å². The van der Waals surface area contributed by atoms with Crippen molar-refractivity contribution in [1.82, 2.24) is 10.3 Å². The second-order valence-electron chi connectivity index (χ2n) is 4.23. The zero-order chi connectivity index (χ0) is 14.5. The number of aromatic nitrogens is 1. The maximum absolute atomic E-state index is 12.9. The van der Waals surface area contributed by atoms with Crippen LogP contribution >= 0.6 is 28.1 Å². The average Bonchev–Trinajstić information content (AvgIpc) is 2.42. The lowest BCUT2D eigenvalue weighted by Crippen LogP contribution is -2.31. The SMILES string of the molecule is CC(NC(=S)Nc1ccc(Br)cn1)c1ccc(F)cc1. The molecule has 0 aliphatic heterocycles. The van der Waals surface area contributed by atoms with E-state index in [-0.39, 0.29) is 11.9 Å². The number of halogens is 2. The van der Waals surface area contributed by atoms with Crippen LogP contribution in [0.1, 0.15) is 18.5 Å². The third-order valence-corrected chi connectivity index (χ3v) is 3.38. The molecule has 0 fully saturated rings. The molecule has 0 amide bonds. The number of benzene rings is 1. The van der Waals surface area contributed by atoms with E-state index >= 15 is 0 Å². The second kappa shape index (κ2) is 6.76. The fraction of sp³-hybridized carbons (Fsp3) is 0.143. The maximum atomic E-state index is 12.9.